The largest absolute Gasteiger partial charge is 0.308 e. The summed E-state index contributed by atoms with van der Waals surface area (Å²) in [5.41, 5.74) is 3.91. The highest BCUT2D eigenvalue weighted by molar-refractivity contribution is 7.89. The van der Waals surface area contributed by atoms with Crippen LogP contribution in [-0.4, -0.2) is 13.0 Å². The van der Waals surface area contributed by atoms with Crippen LogP contribution in [0, 0.1) is 0 Å². The number of nitrogens with zero attached hydrogens (tertiary/aromatic N) is 1. The molecule has 4 aromatic rings. The minimum Gasteiger partial charge on any atom is -0.294 e. The van der Waals surface area contributed by atoms with Crippen LogP contribution in [0.2, 0.25) is 5.02 Å². The first-order chi connectivity index (χ1) is 15.4. The lowest BCUT2D eigenvalue weighted by Gasteiger charge is -2.26. The van der Waals surface area contributed by atoms with E-state index >= 15 is 0 Å². The predicted molar refractivity (Wildman–Crippen MR) is 129 cm³/mol. The lowest BCUT2D eigenvalue weighted by atomic mass is 9.88. The van der Waals surface area contributed by atoms with E-state index < -0.39 is 10.0 Å². The molecule has 3 aromatic carbocycles. The van der Waals surface area contributed by atoms with Crippen molar-refractivity contribution < 1.29 is 8.42 Å². The molecule has 0 aliphatic heterocycles. The molecule has 0 bridgehead atoms. The average molecular weight is 485 g/mol. The molecule has 1 aliphatic carbocycles. The number of halogens is 1. The van der Waals surface area contributed by atoms with Gasteiger partial charge in [0.05, 0.1) is 21.7 Å². The van der Waals surface area contributed by atoms with Crippen LogP contribution >= 0.6 is 22.9 Å². The Morgan fingerprint density at radius 3 is 2.66 bits per heavy atom. The van der Waals surface area contributed by atoms with E-state index in [1.807, 2.05) is 30.3 Å². The van der Waals surface area contributed by atoms with Crippen molar-refractivity contribution in [3.8, 4) is 0 Å². The predicted octanol–water partition coefficient (Wildman–Crippen LogP) is 5.12. The van der Waals surface area contributed by atoms with Gasteiger partial charge in [0.25, 0.3) is 0 Å². The first kappa shape index (κ1) is 21.4. The van der Waals surface area contributed by atoms with E-state index in [2.05, 4.69) is 10.8 Å². The van der Waals surface area contributed by atoms with Gasteiger partial charge in [-0.3, -0.25) is 9.36 Å². The third-order valence-electron chi connectivity index (χ3n) is 5.87. The number of hydrogen-bond acceptors (Lipinski definition) is 4. The molecule has 0 amide bonds. The highest BCUT2D eigenvalue weighted by Gasteiger charge is 2.26. The molecule has 0 fully saturated rings. The van der Waals surface area contributed by atoms with Crippen molar-refractivity contribution in [1.82, 2.24) is 9.29 Å². The Labute approximate surface area is 195 Å². The van der Waals surface area contributed by atoms with Gasteiger partial charge in [-0.25, -0.2) is 13.1 Å². The van der Waals surface area contributed by atoms with Crippen LogP contribution in [0.1, 0.15) is 35.6 Å². The normalized spacial score (nSPS) is 16.2. The summed E-state index contributed by atoms with van der Waals surface area (Å²) in [6.07, 6.45) is 2.68. The van der Waals surface area contributed by atoms with Crippen LogP contribution in [0.5, 0.6) is 0 Å². The van der Waals surface area contributed by atoms with E-state index in [-0.39, 0.29) is 15.8 Å². The third-order valence-corrected chi connectivity index (χ3v) is 8.53. The van der Waals surface area contributed by atoms with Gasteiger partial charge in [0.15, 0.2) is 0 Å². The summed E-state index contributed by atoms with van der Waals surface area (Å²) >= 11 is 7.00. The Bertz CT molecular complexity index is 1460. The van der Waals surface area contributed by atoms with Gasteiger partial charge in [-0.05, 0) is 66.3 Å². The maximum atomic E-state index is 13.2. The number of aryl methyl sites for hydroxylation is 1. The highest BCUT2D eigenvalue weighted by atomic mass is 35.5. The van der Waals surface area contributed by atoms with Crippen LogP contribution in [0.15, 0.2) is 76.4 Å². The minimum absolute atomic E-state index is 0.126. The van der Waals surface area contributed by atoms with E-state index in [9.17, 15) is 13.2 Å². The molecule has 5 nitrogen and oxygen atoms in total. The zero-order valence-corrected chi connectivity index (χ0v) is 19.5. The monoisotopic (exact) mass is 484 g/mol. The van der Waals surface area contributed by atoms with E-state index in [4.69, 9.17) is 11.6 Å². The Balaban J connectivity index is 1.45. The summed E-state index contributed by atoms with van der Waals surface area (Å²) in [4.78, 5) is 12.7. The first-order valence-electron chi connectivity index (χ1n) is 10.4. The molecule has 1 heterocycles. The number of fused-ring (bicyclic) bond motifs is 2. The molecule has 8 heteroatoms. The number of thiazole rings is 1. The topological polar surface area (TPSA) is 68.2 Å². The van der Waals surface area contributed by atoms with Crippen molar-refractivity contribution in [1.29, 1.82) is 0 Å². The number of rotatable bonds is 5. The fourth-order valence-electron chi connectivity index (χ4n) is 4.27. The fraction of sp³-hybridized carbons (Fsp3) is 0.208. The molecule has 1 unspecified atom stereocenters. The Hall–Kier alpha value is -2.45. The highest BCUT2D eigenvalue weighted by Crippen LogP contribution is 2.31. The van der Waals surface area contributed by atoms with Crippen LogP contribution in [0.4, 0.5) is 0 Å². The zero-order chi connectivity index (χ0) is 22.3. The van der Waals surface area contributed by atoms with Gasteiger partial charge in [-0.15, -0.1) is 0 Å². The number of nitrogens with one attached hydrogen (secondary N) is 1. The molecule has 0 saturated heterocycles. The molecular formula is C24H21ClN2O3S2. The molecule has 1 aliphatic rings. The van der Waals surface area contributed by atoms with Gasteiger partial charge < -0.3 is 0 Å². The SMILES string of the molecule is O=c1sc2cc(S(=O)(=O)NC3CCCc4ccccc43)ccc2n1Cc1ccc(Cl)cc1. The summed E-state index contributed by atoms with van der Waals surface area (Å²) in [5.74, 6) is 0. The molecule has 164 valence electrons. The quantitative estimate of drug-likeness (QED) is 0.427. The van der Waals surface area contributed by atoms with Crippen molar-refractivity contribution in [2.24, 2.45) is 0 Å². The molecule has 5 rings (SSSR count). The van der Waals surface area contributed by atoms with Gasteiger partial charge >= 0.3 is 4.87 Å². The van der Waals surface area contributed by atoms with Crippen molar-refractivity contribution in [3.05, 3.63) is 98.1 Å². The zero-order valence-electron chi connectivity index (χ0n) is 17.1. The number of sulfonamides is 1. The summed E-state index contributed by atoms with van der Waals surface area (Å²) in [6.45, 7) is 0.402. The molecule has 0 radical (unpaired) electrons. The Morgan fingerprint density at radius 2 is 1.84 bits per heavy atom. The van der Waals surface area contributed by atoms with E-state index in [1.165, 1.54) is 5.56 Å². The van der Waals surface area contributed by atoms with Crippen molar-refractivity contribution >= 4 is 43.2 Å². The van der Waals surface area contributed by atoms with E-state index in [0.29, 0.717) is 16.3 Å². The van der Waals surface area contributed by atoms with Gasteiger partial charge in [-0.2, -0.15) is 0 Å². The van der Waals surface area contributed by atoms with Crippen LogP contribution in [0.3, 0.4) is 0 Å². The average Bonchev–Trinajstić information content (AvgIpc) is 3.09. The number of benzene rings is 3. The maximum Gasteiger partial charge on any atom is 0.308 e. The Morgan fingerprint density at radius 1 is 1.06 bits per heavy atom. The van der Waals surface area contributed by atoms with Gasteiger partial charge in [0.2, 0.25) is 10.0 Å². The number of hydrogen-bond donors (Lipinski definition) is 1. The van der Waals surface area contributed by atoms with Crippen molar-refractivity contribution in [2.75, 3.05) is 0 Å². The lowest BCUT2D eigenvalue weighted by Crippen LogP contribution is -2.31. The summed E-state index contributed by atoms with van der Waals surface area (Å²) in [5, 5.41) is 0.638. The van der Waals surface area contributed by atoms with Crippen LogP contribution in [0.25, 0.3) is 10.2 Å². The fourth-order valence-corrected chi connectivity index (χ4v) is 6.67. The van der Waals surface area contributed by atoms with Crippen molar-refractivity contribution in [3.63, 3.8) is 0 Å². The molecule has 1 N–H and O–H groups in total. The lowest BCUT2D eigenvalue weighted by molar-refractivity contribution is 0.507. The van der Waals surface area contributed by atoms with E-state index in [0.717, 1.165) is 47.2 Å². The summed E-state index contributed by atoms with van der Waals surface area (Å²) < 4.78 is 31.5. The molecule has 32 heavy (non-hydrogen) atoms. The van der Waals surface area contributed by atoms with Gasteiger partial charge in [0, 0.05) is 11.1 Å². The van der Waals surface area contributed by atoms with E-state index in [1.54, 1.807) is 34.9 Å². The van der Waals surface area contributed by atoms with Gasteiger partial charge in [0.1, 0.15) is 0 Å². The standard InChI is InChI=1S/C24H21ClN2O3S2/c25-18-10-8-16(9-11-18)15-27-22-13-12-19(14-23(22)31-24(27)28)32(29,30)26-21-7-3-5-17-4-1-2-6-20(17)21/h1-2,4,6,8-14,21,26H,3,5,7,15H2. The summed E-state index contributed by atoms with van der Waals surface area (Å²) in [7, 11) is -3.73. The molecule has 1 atom stereocenters. The Kier molecular flexibility index (Phi) is 5.67. The van der Waals surface area contributed by atoms with Gasteiger partial charge in [-0.1, -0.05) is 59.3 Å². The second-order valence-corrected chi connectivity index (χ2v) is 11.1. The minimum atomic E-state index is -3.73. The second kappa shape index (κ2) is 8.48. The molecular weight excluding hydrogens is 464 g/mol. The number of aromatic nitrogens is 1. The van der Waals surface area contributed by atoms with Crippen LogP contribution < -0.4 is 9.60 Å². The molecule has 0 saturated carbocycles. The molecule has 1 aromatic heterocycles. The molecule has 0 spiro atoms. The smallest absolute Gasteiger partial charge is 0.294 e. The third kappa shape index (κ3) is 4.13. The maximum absolute atomic E-state index is 13.2. The summed E-state index contributed by atoms with van der Waals surface area (Å²) in [6, 6.07) is 20.0. The van der Waals surface area contributed by atoms with Crippen molar-refractivity contribution in [2.45, 2.75) is 36.7 Å². The first-order valence-corrected chi connectivity index (χ1v) is 13.1. The van der Waals surface area contributed by atoms with Crippen LogP contribution in [-0.2, 0) is 23.0 Å². The second-order valence-electron chi connectivity index (χ2n) is 7.98.